The first-order valence-corrected chi connectivity index (χ1v) is 10.0. The molecule has 2 aromatic rings. The Morgan fingerprint density at radius 2 is 1.48 bits per heavy atom. The number of rotatable bonds is 9. The number of hydrogen-bond donors (Lipinski definition) is 3. The molecule has 0 spiro atoms. The Hall–Kier alpha value is -2.71. The number of benzene rings is 2. The van der Waals surface area contributed by atoms with Gasteiger partial charge in [-0.1, -0.05) is 60.7 Å². The second-order valence-electron chi connectivity index (χ2n) is 6.17. The van der Waals surface area contributed by atoms with Crippen LogP contribution in [-0.2, 0) is 31.8 Å². The molecule has 0 saturated heterocycles. The number of carboxylic acid groups (broad SMARTS) is 1. The number of hydrogen-bond acceptors (Lipinski definition) is 4. The lowest BCUT2D eigenvalue weighted by Gasteiger charge is -2.20. The van der Waals surface area contributed by atoms with Crippen LogP contribution in [0.15, 0.2) is 60.7 Å². The minimum Gasteiger partial charge on any atom is -0.480 e. The largest absolute Gasteiger partial charge is 0.480 e. The summed E-state index contributed by atoms with van der Waals surface area (Å²) < 4.78 is 27.4. The molecule has 0 bridgehead atoms. The first kappa shape index (κ1) is 20.6. The van der Waals surface area contributed by atoms with Crippen molar-refractivity contribution in [2.45, 2.75) is 31.2 Å². The Bertz CT molecular complexity index is 869. The van der Waals surface area contributed by atoms with Crippen molar-refractivity contribution in [3.8, 4) is 0 Å². The van der Waals surface area contributed by atoms with Crippen molar-refractivity contribution in [2.75, 3.05) is 0 Å². The molecular formula is C19H22N2O5S. The van der Waals surface area contributed by atoms with E-state index in [-0.39, 0.29) is 12.2 Å². The first-order valence-electron chi connectivity index (χ1n) is 8.38. The zero-order valence-corrected chi connectivity index (χ0v) is 15.6. The van der Waals surface area contributed by atoms with Gasteiger partial charge in [-0.2, -0.15) is 0 Å². The first-order chi connectivity index (χ1) is 12.8. The lowest BCUT2D eigenvalue weighted by atomic mass is 10.1. The van der Waals surface area contributed by atoms with Crippen LogP contribution in [0.4, 0.5) is 0 Å². The Morgan fingerprint density at radius 1 is 0.963 bits per heavy atom. The third-order valence-electron chi connectivity index (χ3n) is 3.85. The molecule has 7 nitrogen and oxygen atoms in total. The topological polar surface area (TPSA) is 113 Å². The molecule has 0 radical (unpaired) electrons. The van der Waals surface area contributed by atoms with Crippen LogP contribution in [0.5, 0.6) is 0 Å². The third-order valence-corrected chi connectivity index (χ3v) is 5.21. The fraction of sp³-hybridized carbons (Fsp3) is 0.263. The molecule has 0 aromatic heterocycles. The van der Waals surface area contributed by atoms with E-state index in [0.717, 1.165) is 5.56 Å². The second kappa shape index (κ2) is 9.29. The van der Waals surface area contributed by atoms with E-state index < -0.39 is 34.0 Å². The van der Waals surface area contributed by atoms with Crippen LogP contribution in [0, 0.1) is 0 Å². The maximum absolute atomic E-state index is 12.5. The van der Waals surface area contributed by atoms with Gasteiger partial charge in [0, 0.05) is 0 Å². The highest BCUT2D eigenvalue weighted by atomic mass is 32.2. The van der Waals surface area contributed by atoms with Gasteiger partial charge in [-0.3, -0.25) is 9.59 Å². The van der Waals surface area contributed by atoms with Crippen molar-refractivity contribution in [1.29, 1.82) is 0 Å². The van der Waals surface area contributed by atoms with Crippen molar-refractivity contribution in [3.05, 3.63) is 71.8 Å². The number of carbonyl (C=O) groups excluding carboxylic acids is 1. The van der Waals surface area contributed by atoms with Gasteiger partial charge >= 0.3 is 5.97 Å². The molecule has 1 amide bonds. The number of nitrogens with one attached hydrogen (secondary N) is 2. The smallest absolute Gasteiger partial charge is 0.325 e. The molecule has 27 heavy (non-hydrogen) atoms. The van der Waals surface area contributed by atoms with Gasteiger partial charge in [0.2, 0.25) is 15.9 Å². The number of amides is 1. The van der Waals surface area contributed by atoms with E-state index in [9.17, 15) is 18.0 Å². The van der Waals surface area contributed by atoms with Gasteiger partial charge in [0.25, 0.3) is 0 Å². The quantitative estimate of drug-likeness (QED) is 0.598. The average Bonchev–Trinajstić information content (AvgIpc) is 2.62. The van der Waals surface area contributed by atoms with Crippen molar-refractivity contribution in [2.24, 2.45) is 0 Å². The molecule has 2 unspecified atom stereocenters. The standard InChI is InChI=1S/C19H22N2O5S/c1-14(19(23)24)20-18(22)17(12-15-8-4-2-5-9-15)21-27(25,26)13-16-10-6-3-7-11-16/h2-11,14,17,21H,12-13H2,1H3,(H,20,22)(H,23,24). The summed E-state index contributed by atoms with van der Waals surface area (Å²) >= 11 is 0. The van der Waals surface area contributed by atoms with Crippen LogP contribution in [-0.4, -0.2) is 37.5 Å². The van der Waals surface area contributed by atoms with E-state index in [1.807, 2.05) is 6.07 Å². The van der Waals surface area contributed by atoms with E-state index >= 15 is 0 Å². The highest BCUT2D eigenvalue weighted by Crippen LogP contribution is 2.09. The lowest BCUT2D eigenvalue weighted by molar-refractivity contribution is -0.141. The number of sulfonamides is 1. The van der Waals surface area contributed by atoms with E-state index in [4.69, 9.17) is 5.11 Å². The average molecular weight is 390 g/mol. The Kier molecular flexibility index (Phi) is 7.09. The summed E-state index contributed by atoms with van der Waals surface area (Å²) in [6.07, 6.45) is 0.104. The van der Waals surface area contributed by atoms with Gasteiger partial charge < -0.3 is 10.4 Å². The Morgan fingerprint density at radius 3 is 2.00 bits per heavy atom. The molecule has 0 aliphatic carbocycles. The monoisotopic (exact) mass is 390 g/mol. The zero-order valence-electron chi connectivity index (χ0n) is 14.8. The van der Waals surface area contributed by atoms with E-state index in [2.05, 4.69) is 10.0 Å². The van der Waals surface area contributed by atoms with Crippen LogP contribution in [0.25, 0.3) is 0 Å². The highest BCUT2D eigenvalue weighted by Gasteiger charge is 2.27. The molecule has 0 aliphatic rings. The Balaban J connectivity index is 2.17. The summed E-state index contributed by atoms with van der Waals surface area (Å²) in [5, 5.41) is 11.3. The molecule has 0 fully saturated rings. The third kappa shape index (κ3) is 6.84. The van der Waals surface area contributed by atoms with E-state index in [1.165, 1.54) is 6.92 Å². The van der Waals surface area contributed by atoms with Gasteiger partial charge in [-0.05, 0) is 24.5 Å². The van der Waals surface area contributed by atoms with E-state index in [0.29, 0.717) is 5.56 Å². The molecule has 8 heteroatoms. The molecule has 0 aliphatic heterocycles. The van der Waals surface area contributed by atoms with Gasteiger partial charge in [0.15, 0.2) is 0 Å². The molecule has 3 N–H and O–H groups in total. The van der Waals surface area contributed by atoms with Gasteiger partial charge in [-0.15, -0.1) is 0 Å². The summed E-state index contributed by atoms with van der Waals surface area (Å²) in [4.78, 5) is 23.5. The summed E-state index contributed by atoms with van der Waals surface area (Å²) in [6.45, 7) is 1.32. The van der Waals surface area contributed by atoms with Gasteiger partial charge in [0.05, 0.1) is 5.75 Å². The maximum Gasteiger partial charge on any atom is 0.325 e. The van der Waals surface area contributed by atoms with Crippen LogP contribution < -0.4 is 10.0 Å². The fourth-order valence-electron chi connectivity index (χ4n) is 2.47. The summed E-state index contributed by atoms with van der Waals surface area (Å²) in [5.41, 5.74) is 1.34. The maximum atomic E-state index is 12.5. The van der Waals surface area contributed by atoms with Crippen LogP contribution in [0.2, 0.25) is 0 Å². The highest BCUT2D eigenvalue weighted by molar-refractivity contribution is 7.88. The number of aliphatic carboxylic acids is 1. The minimum absolute atomic E-state index is 0.104. The van der Waals surface area contributed by atoms with Gasteiger partial charge in [-0.25, -0.2) is 13.1 Å². The van der Waals surface area contributed by atoms with Crippen LogP contribution in [0.1, 0.15) is 18.1 Å². The summed E-state index contributed by atoms with van der Waals surface area (Å²) in [7, 11) is -3.81. The molecule has 2 aromatic carbocycles. The number of carboxylic acids is 1. The normalized spacial score (nSPS) is 13.5. The second-order valence-corrected chi connectivity index (χ2v) is 7.93. The van der Waals surface area contributed by atoms with E-state index in [1.54, 1.807) is 54.6 Å². The van der Waals surface area contributed by atoms with Crippen molar-refractivity contribution in [3.63, 3.8) is 0 Å². The van der Waals surface area contributed by atoms with Gasteiger partial charge in [0.1, 0.15) is 12.1 Å². The van der Waals surface area contributed by atoms with Crippen LogP contribution >= 0.6 is 0 Å². The van der Waals surface area contributed by atoms with Crippen molar-refractivity contribution >= 4 is 21.9 Å². The predicted octanol–water partition coefficient (Wildman–Crippen LogP) is 1.31. The molecule has 0 saturated carbocycles. The SMILES string of the molecule is CC(NC(=O)C(Cc1ccccc1)NS(=O)(=O)Cc1ccccc1)C(=O)O. The van der Waals surface area contributed by atoms with Crippen molar-refractivity contribution in [1.82, 2.24) is 10.0 Å². The Labute approximate surface area is 158 Å². The lowest BCUT2D eigenvalue weighted by Crippen LogP contribution is -2.51. The molecular weight excluding hydrogens is 368 g/mol. The minimum atomic E-state index is -3.81. The summed E-state index contributed by atoms with van der Waals surface area (Å²) in [5.74, 6) is -2.17. The number of carbonyl (C=O) groups is 2. The summed E-state index contributed by atoms with van der Waals surface area (Å²) in [6, 6.07) is 15.3. The van der Waals surface area contributed by atoms with Crippen LogP contribution in [0.3, 0.4) is 0 Å². The molecule has 144 valence electrons. The molecule has 2 atom stereocenters. The molecule has 0 heterocycles. The molecule has 2 rings (SSSR count). The fourth-order valence-corrected chi connectivity index (χ4v) is 3.80. The van der Waals surface area contributed by atoms with Crippen molar-refractivity contribution < 1.29 is 23.1 Å². The predicted molar refractivity (Wildman–Crippen MR) is 101 cm³/mol. The zero-order chi connectivity index (χ0) is 19.9.